The van der Waals surface area contributed by atoms with Crippen LogP contribution < -0.4 is 4.74 Å². The highest BCUT2D eigenvalue weighted by Crippen LogP contribution is 2.57. The van der Waals surface area contributed by atoms with E-state index < -0.39 is 12.6 Å². The minimum Gasteiger partial charge on any atom is -0.480 e. The van der Waals surface area contributed by atoms with Crippen LogP contribution in [0.3, 0.4) is 0 Å². The van der Waals surface area contributed by atoms with Crippen molar-refractivity contribution in [2.45, 2.75) is 18.8 Å². The summed E-state index contributed by atoms with van der Waals surface area (Å²) in [5, 5.41) is 9.38. The van der Waals surface area contributed by atoms with Gasteiger partial charge in [-0.15, -0.1) is 0 Å². The van der Waals surface area contributed by atoms with Crippen LogP contribution in [0.4, 0.5) is 0 Å². The van der Waals surface area contributed by atoms with E-state index in [9.17, 15) is 9.59 Å². The van der Waals surface area contributed by atoms with Crippen molar-refractivity contribution in [2.75, 3.05) is 6.61 Å². The molecule has 138 valence electrons. The first-order valence-electron chi connectivity index (χ1n) is 8.63. The van der Waals surface area contributed by atoms with Crippen molar-refractivity contribution in [2.24, 2.45) is 5.92 Å². The van der Waals surface area contributed by atoms with Crippen molar-refractivity contribution in [1.29, 1.82) is 0 Å². The molecule has 6 heteroatoms. The third-order valence-corrected chi connectivity index (χ3v) is 6.01. The smallest absolute Gasteiger partial charge is 0.341 e. The number of halogens is 2. The van der Waals surface area contributed by atoms with Gasteiger partial charge in [-0.25, -0.2) is 4.79 Å². The summed E-state index contributed by atoms with van der Waals surface area (Å²) in [5.74, 6) is -0.621. The molecule has 2 aliphatic rings. The molecule has 4 nitrogen and oxygen atoms in total. The van der Waals surface area contributed by atoms with Crippen LogP contribution in [0.5, 0.6) is 5.75 Å². The SMILES string of the molecule is O=C(O)COc1cc2c(c(Cl)c1Cl)C1=CC(=O)CCC1[C@H]2c1ccccc1. The van der Waals surface area contributed by atoms with E-state index >= 15 is 0 Å². The van der Waals surface area contributed by atoms with Gasteiger partial charge in [-0.3, -0.25) is 4.79 Å². The van der Waals surface area contributed by atoms with Crippen LogP contribution in [0.15, 0.2) is 42.5 Å². The summed E-state index contributed by atoms with van der Waals surface area (Å²) >= 11 is 12.9. The van der Waals surface area contributed by atoms with E-state index in [1.807, 2.05) is 30.3 Å². The van der Waals surface area contributed by atoms with Crippen LogP contribution in [0.1, 0.15) is 35.4 Å². The predicted molar refractivity (Wildman–Crippen MR) is 104 cm³/mol. The molecule has 0 spiro atoms. The number of carbonyl (C=O) groups excluding carboxylic acids is 1. The molecule has 0 radical (unpaired) electrons. The average Bonchev–Trinajstić information content (AvgIpc) is 2.97. The van der Waals surface area contributed by atoms with E-state index in [1.165, 1.54) is 0 Å². The third kappa shape index (κ3) is 3.13. The number of hydrogen-bond acceptors (Lipinski definition) is 3. The van der Waals surface area contributed by atoms with Crippen LogP contribution in [-0.2, 0) is 9.59 Å². The number of fused-ring (bicyclic) bond motifs is 3. The minimum absolute atomic E-state index is 0.0162. The van der Waals surface area contributed by atoms with Gasteiger partial charge in [0.05, 0.1) is 5.02 Å². The number of rotatable bonds is 4. The molecule has 27 heavy (non-hydrogen) atoms. The van der Waals surface area contributed by atoms with Crippen molar-refractivity contribution in [3.8, 4) is 5.75 Å². The van der Waals surface area contributed by atoms with Gasteiger partial charge in [-0.2, -0.15) is 0 Å². The maximum absolute atomic E-state index is 12.1. The molecule has 2 aliphatic carbocycles. The highest BCUT2D eigenvalue weighted by Gasteiger charge is 2.42. The van der Waals surface area contributed by atoms with Crippen LogP contribution in [0.2, 0.25) is 10.0 Å². The third-order valence-electron chi connectivity index (χ3n) is 5.16. The summed E-state index contributed by atoms with van der Waals surface area (Å²) in [7, 11) is 0. The number of carbonyl (C=O) groups is 2. The summed E-state index contributed by atoms with van der Waals surface area (Å²) in [6.45, 7) is -0.505. The van der Waals surface area contributed by atoms with Crippen molar-refractivity contribution >= 4 is 40.5 Å². The molecule has 4 rings (SSSR count). The summed E-state index contributed by atoms with van der Waals surface area (Å²) in [5.41, 5.74) is 3.72. The van der Waals surface area contributed by atoms with Crippen LogP contribution >= 0.6 is 23.2 Å². The fourth-order valence-electron chi connectivity index (χ4n) is 4.10. The first-order chi connectivity index (χ1) is 13.0. The maximum atomic E-state index is 12.1. The second-order valence-electron chi connectivity index (χ2n) is 6.75. The van der Waals surface area contributed by atoms with E-state index in [-0.39, 0.29) is 28.4 Å². The Kier molecular flexibility index (Phi) is 4.70. The number of ether oxygens (including phenoxy) is 1. The van der Waals surface area contributed by atoms with Gasteiger partial charge in [-0.1, -0.05) is 53.5 Å². The zero-order chi connectivity index (χ0) is 19.1. The van der Waals surface area contributed by atoms with E-state index in [0.717, 1.165) is 28.7 Å². The van der Waals surface area contributed by atoms with Gasteiger partial charge < -0.3 is 9.84 Å². The zero-order valence-electron chi connectivity index (χ0n) is 14.2. The van der Waals surface area contributed by atoms with Crippen molar-refractivity contribution in [3.05, 3.63) is 69.2 Å². The van der Waals surface area contributed by atoms with E-state index in [2.05, 4.69) is 0 Å². The van der Waals surface area contributed by atoms with Crippen molar-refractivity contribution in [3.63, 3.8) is 0 Å². The predicted octanol–water partition coefficient (Wildman–Crippen LogP) is 4.96. The number of aliphatic carboxylic acids is 1. The summed E-state index contributed by atoms with van der Waals surface area (Å²) in [6, 6.07) is 11.8. The van der Waals surface area contributed by atoms with Gasteiger partial charge in [0.2, 0.25) is 0 Å². The topological polar surface area (TPSA) is 63.6 Å². The molecular weight excluding hydrogens is 387 g/mol. The van der Waals surface area contributed by atoms with E-state index in [1.54, 1.807) is 12.1 Å². The lowest BCUT2D eigenvalue weighted by atomic mass is 9.79. The van der Waals surface area contributed by atoms with Crippen molar-refractivity contribution in [1.82, 2.24) is 0 Å². The Hall–Kier alpha value is -2.30. The first-order valence-corrected chi connectivity index (χ1v) is 9.39. The zero-order valence-corrected chi connectivity index (χ0v) is 15.8. The Morgan fingerprint density at radius 2 is 1.93 bits per heavy atom. The molecule has 1 N–H and O–H groups in total. The number of allylic oxidation sites excluding steroid dienone is 2. The Morgan fingerprint density at radius 1 is 1.19 bits per heavy atom. The Bertz CT molecular complexity index is 966. The monoisotopic (exact) mass is 402 g/mol. The highest BCUT2D eigenvalue weighted by molar-refractivity contribution is 6.44. The molecule has 1 unspecified atom stereocenters. The molecule has 0 bridgehead atoms. The molecule has 2 aromatic rings. The lowest BCUT2D eigenvalue weighted by molar-refractivity contribution is -0.139. The Balaban J connectivity index is 1.91. The lowest BCUT2D eigenvalue weighted by Gasteiger charge is -2.24. The summed E-state index contributed by atoms with van der Waals surface area (Å²) in [4.78, 5) is 22.9. The van der Waals surface area contributed by atoms with Gasteiger partial charge in [0, 0.05) is 17.9 Å². The molecule has 0 aliphatic heterocycles. The molecule has 0 aromatic heterocycles. The number of hydrogen-bond donors (Lipinski definition) is 1. The molecule has 0 heterocycles. The fraction of sp³-hybridized carbons (Fsp3) is 0.238. The molecular formula is C21H16Cl2O4. The second-order valence-corrected chi connectivity index (χ2v) is 7.50. The van der Waals surface area contributed by atoms with Gasteiger partial charge in [0.1, 0.15) is 10.8 Å². The number of carboxylic acids is 1. The molecule has 0 fully saturated rings. The molecule has 0 saturated carbocycles. The van der Waals surface area contributed by atoms with E-state index in [4.69, 9.17) is 33.0 Å². The van der Waals surface area contributed by atoms with Crippen LogP contribution in [0, 0.1) is 5.92 Å². The summed E-state index contributed by atoms with van der Waals surface area (Å²) < 4.78 is 5.36. The van der Waals surface area contributed by atoms with Gasteiger partial charge in [0.25, 0.3) is 0 Å². The van der Waals surface area contributed by atoms with Crippen molar-refractivity contribution < 1.29 is 19.4 Å². The largest absolute Gasteiger partial charge is 0.480 e. The second kappa shape index (κ2) is 7.02. The Morgan fingerprint density at radius 3 is 2.63 bits per heavy atom. The van der Waals surface area contributed by atoms with E-state index in [0.29, 0.717) is 11.4 Å². The molecule has 2 atom stereocenters. The highest BCUT2D eigenvalue weighted by atomic mass is 35.5. The summed E-state index contributed by atoms with van der Waals surface area (Å²) in [6.07, 6.45) is 2.91. The molecule has 2 aromatic carbocycles. The maximum Gasteiger partial charge on any atom is 0.341 e. The van der Waals surface area contributed by atoms with Gasteiger partial charge in [0.15, 0.2) is 12.4 Å². The number of benzene rings is 2. The lowest BCUT2D eigenvalue weighted by Crippen LogP contribution is -2.15. The first kappa shape index (κ1) is 18.1. The number of carboxylic acid groups (broad SMARTS) is 1. The normalized spacial score (nSPS) is 20.7. The molecule has 0 amide bonds. The minimum atomic E-state index is -1.09. The van der Waals surface area contributed by atoms with Crippen LogP contribution in [0.25, 0.3) is 5.57 Å². The van der Waals surface area contributed by atoms with Gasteiger partial charge in [-0.05, 0) is 41.2 Å². The standard InChI is InChI=1S/C21H16Cl2O4/c22-20-16(27-10-17(25)26)9-15-18(11-4-2-1-3-5-11)13-7-6-12(24)8-14(13)19(15)21(20)23/h1-5,8-9,13,18H,6-7,10H2,(H,25,26)/t13?,18-/m1/s1. The fourth-order valence-corrected chi connectivity index (χ4v) is 4.62. The number of ketones is 1. The molecule has 0 saturated heterocycles. The quantitative estimate of drug-likeness (QED) is 0.784. The van der Waals surface area contributed by atoms with Gasteiger partial charge >= 0.3 is 5.97 Å². The average molecular weight is 403 g/mol. The van der Waals surface area contributed by atoms with Crippen LogP contribution in [-0.4, -0.2) is 23.5 Å². The Labute approximate surface area is 166 Å².